The number of aliphatic carboxylic acids is 1. The lowest BCUT2D eigenvalue weighted by Crippen LogP contribution is -2.55. The number of carbonyl (C=O) groups excluding carboxylic acids is 1. The number of hydrogen-bond acceptors (Lipinski definition) is 5. The number of nitrogens with zero attached hydrogens (tertiary/aromatic N) is 2. The first-order chi connectivity index (χ1) is 9.20. The van der Waals surface area contributed by atoms with Crippen LogP contribution in [0.1, 0.15) is 6.92 Å². The smallest absolute Gasteiger partial charge is 0.320 e. The van der Waals surface area contributed by atoms with Crippen LogP contribution in [-0.4, -0.2) is 86.1 Å². The van der Waals surface area contributed by atoms with Crippen molar-refractivity contribution in [3.05, 3.63) is 0 Å². The topological polar surface area (TPSA) is 107 Å². The quantitative estimate of drug-likeness (QED) is 0.663. The minimum atomic E-state index is -3.09. The number of rotatable bonds is 5. The molecule has 20 heavy (non-hydrogen) atoms. The van der Waals surface area contributed by atoms with Crippen molar-refractivity contribution < 1.29 is 23.1 Å². The van der Waals surface area contributed by atoms with Gasteiger partial charge in [-0.3, -0.25) is 9.69 Å². The molecule has 9 heteroatoms. The Morgan fingerprint density at radius 2 is 1.80 bits per heavy atom. The summed E-state index contributed by atoms with van der Waals surface area (Å²) in [4.78, 5) is 26.0. The number of urea groups is 1. The molecule has 2 N–H and O–H groups in total. The summed E-state index contributed by atoms with van der Waals surface area (Å²) in [5.74, 6) is -0.967. The van der Waals surface area contributed by atoms with Crippen molar-refractivity contribution in [1.82, 2.24) is 15.1 Å². The molecule has 8 nitrogen and oxygen atoms in total. The number of carboxylic acid groups (broad SMARTS) is 1. The van der Waals surface area contributed by atoms with Crippen molar-refractivity contribution in [2.75, 3.05) is 44.7 Å². The van der Waals surface area contributed by atoms with E-state index in [-0.39, 0.29) is 18.3 Å². The number of carbonyl (C=O) groups is 2. The molecule has 0 aromatic rings. The van der Waals surface area contributed by atoms with Gasteiger partial charge in [0, 0.05) is 39.0 Å². The lowest BCUT2D eigenvalue weighted by Gasteiger charge is -2.36. The van der Waals surface area contributed by atoms with Gasteiger partial charge in [-0.25, -0.2) is 13.2 Å². The standard InChI is InChI=1S/C11H21N3O5S/c1-9(10(15)16)13-4-6-14(7-5-13)11(17)12-3-8-20(2,18)19/h9H,3-8H2,1-2H3,(H,12,17)(H,15,16). The first kappa shape index (κ1) is 16.7. The normalized spacial score (nSPS) is 18.6. The second-order valence-corrected chi connectivity index (χ2v) is 7.16. The van der Waals surface area contributed by atoms with Gasteiger partial charge in [-0.1, -0.05) is 0 Å². The third kappa shape index (κ3) is 5.33. The van der Waals surface area contributed by atoms with Gasteiger partial charge in [-0.15, -0.1) is 0 Å². The molecule has 116 valence electrons. The summed E-state index contributed by atoms with van der Waals surface area (Å²) < 4.78 is 21.9. The highest BCUT2D eigenvalue weighted by Crippen LogP contribution is 2.06. The molecule has 1 unspecified atom stereocenters. The van der Waals surface area contributed by atoms with Crippen LogP contribution in [0, 0.1) is 0 Å². The van der Waals surface area contributed by atoms with E-state index >= 15 is 0 Å². The zero-order valence-corrected chi connectivity index (χ0v) is 12.5. The molecule has 0 aliphatic carbocycles. The van der Waals surface area contributed by atoms with Gasteiger partial charge in [-0.2, -0.15) is 0 Å². The second kappa shape index (κ2) is 6.89. The Kier molecular flexibility index (Phi) is 5.75. The van der Waals surface area contributed by atoms with Crippen molar-refractivity contribution >= 4 is 21.8 Å². The van der Waals surface area contributed by atoms with Gasteiger partial charge in [0.1, 0.15) is 15.9 Å². The summed E-state index contributed by atoms with van der Waals surface area (Å²) in [5.41, 5.74) is 0. The SMILES string of the molecule is CC(C(=O)O)N1CCN(C(=O)NCCS(C)(=O)=O)CC1. The van der Waals surface area contributed by atoms with Crippen LogP contribution < -0.4 is 5.32 Å². The summed E-state index contributed by atoms with van der Waals surface area (Å²) in [7, 11) is -3.09. The van der Waals surface area contributed by atoms with E-state index in [9.17, 15) is 18.0 Å². The number of hydrogen-bond donors (Lipinski definition) is 2. The van der Waals surface area contributed by atoms with Gasteiger partial charge in [0.05, 0.1) is 5.75 Å². The zero-order valence-electron chi connectivity index (χ0n) is 11.7. The van der Waals surface area contributed by atoms with Crippen molar-refractivity contribution in [3.63, 3.8) is 0 Å². The average molecular weight is 307 g/mol. The highest BCUT2D eigenvalue weighted by Gasteiger charge is 2.26. The number of nitrogens with one attached hydrogen (secondary N) is 1. The van der Waals surface area contributed by atoms with E-state index in [2.05, 4.69) is 5.32 Å². The maximum atomic E-state index is 11.8. The molecule has 1 aliphatic rings. The molecule has 1 aliphatic heterocycles. The molecule has 1 saturated heterocycles. The fraction of sp³-hybridized carbons (Fsp3) is 0.818. The summed E-state index contributed by atoms with van der Waals surface area (Å²) in [6.07, 6.45) is 1.12. The third-order valence-corrected chi connectivity index (χ3v) is 4.20. The van der Waals surface area contributed by atoms with Gasteiger partial charge in [0.25, 0.3) is 0 Å². The van der Waals surface area contributed by atoms with Crippen LogP contribution in [0.25, 0.3) is 0 Å². The van der Waals surface area contributed by atoms with Gasteiger partial charge >= 0.3 is 12.0 Å². The van der Waals surface area contributed by atoms with E-state index in [1.54, 1.807) is 16.7 Å². The maximum absolute atomic E-state index is 11.8. The molecule has 0 aromatic carbocycles. The van der Waals surface area contributed by atoms with Crippen molar-refractivity contribution in [2.24, 2.45) is 0 Å². The van der Waals surface area contributed by atoms with Crippen molar-refractivity contribution in [2.45, 2.75) is 13.0 Å². The molecule has 0 saturated carbocycles. The van der Waals surface area contributed by atoms with Crippen molar-refractivity contribution in [3.8, 4) is 0 Å². The van der Waals surface area contributed by atoms with Crippen LogP contribution in [-0.2, 0) is 14.6 Å². The fourth-order valence-corrected chi connectivity index (χ4v) is 2.40. The van der Waals surface area contributed by atoms with E-state index in [0.29, 0.717) is 26.2 Å². The second-order valence-electron chi connectivity index (χ2n) is 4.90. The molecule has 1 heterocycles. The van der Waals surface area contributed by atoms with Gasteiger partial charge in [0.15, 0.2) is 0 Å². The Hall–Kier alpha value is -1.35. The van der Waals surface area contributed by atoms with Crippen LogP contribution in [0.15, 0.2) is 0 Å². The molecule has 0 radical (unpaired) electrons. The van der Waals surface area contributed by atoms with Gasteiger partial charge in [-0.05, 0) is 6.92 Å². The lowest BCUT2D eigenvalue weighted by atomic mass is 10.2. The van der Waals surface area contributed by atoms with Crippen LogP contribution >= 0.6 is 0 Å². The maximum Gasteiger partial charge on any atom is 0.320 e. The largest absolute Gasteiger partial charge is 0.480 e. The number of amides is 2. The minimum absolute atomic E-state index is 0.0867. The van der Waals surface area contributed by atoms with Crippen LogP contribution in [0.3, 0.4) is 0 Å². The number of sulfone groups is 1. The average Bonchev–Trinajstić information content (AvgIpc) is 2.36. The molecule has 0 spiro atoms. The van der Waals surface area contributed by atoms with Crippen LogP contribution in [0.5, 0.6) is 0 Å². The summed E-state index contributed by atoms with van der Waals surface area (Å²) in [5, 5.41) is 11.5. The summed E-state index contributed by atoms with van der Waals surface area (Å²) >= 11 is 0. The Morgan fingerprint density at radius 1 is 1.25 bits per heavy atom. The molecule has 0 bridgehead atoms. The van der Waals surface area contributed by atoms with E-state index in [1.807, 2.05) is 0 Å². The molecular formula is C11H21N3O5S. The predicted molar refractivity (Wildman–Crippen MR) is 73.4 cm³/mol. The van der Waals surface area contributed by atoms with Gasteiger partial charge in [0.2, 0.25) is 0 Å². The summed E-state index contributed by atoms with van der Waals surface area (Å²) in [6, 6.07) is -0.873. The van der Waals surface area contributed by atoms with Crippen molar-refractivity contribution in [1.29, 1.82) is 0 Å². The molecule has 0 aromatic heterocycles. The van der Waals surface area contributed by atoms with Crippen LogP contribution in [0.2, 0.25) is 0 Å². The highest BCUT2D eigenvalue weighted by molar-refractivity contribution is 7.90. The third-order valence-electron chi connectivity index (χ3n) is 3.26. The number of piperazine rings is 1. The highest BCUT2D eigenvalue weighted by atomic mass is 32.2. The van der Waals surface area contributed by atoms with Crippen LogP contribution in [0.4, 0.5) is 4.79 Å². The Labute approximate surface area is 118 Å². The Balaban J connectivity index is 2.34. The molecule has 2 amide bonds. The molecule has 1 fully saturated rings. The summed E-state index contributed by atoms with van der Waals surface area (Å²) in [6.45, 7) is 3.55. The molecule has 1 atom stereocenters. The zero-order chi connectivity index (χ0) is 15.3. The molecule has 1 rings (SSSR count). The lowest BCUT2D eigenvalue weighted by molar-refractivity contribution is -0.143. The number of carboxylic acids is 1. The fourth-order valence-electron chi connectivity index (χ4n) is 1.92. The first-order valence-corrected chi connectivity index (χ1v) is 8.44. The predicted octanol–water partition coefficient (Wildman–Crippen LogP) is -1.17. The Morgan fingerprint density at radius 3 is 2.25 bits per heavy atom. The monoisotopic (exact) mass is 307 g/mol. The molecular weight excluding hydrogens is 286 g/mol. The first-order valence-electron chi connectivity index (χ1n) is 6.38. The van der Waals surface area contributed by atoms with E-state index in [4.69, 9.17) is 5.11 Å². The van der Waals surface area contributed by atoms with E-state index in [0.717, 1.165) is 6.26 Å². The minimum Gasteiger partial charge on any atom is -0.480 e. The Bertz CT molecular complexity index is 457. The van der Waals surface area contributed by atoms with E-state index < -0.39 is 21.8 Å². The van der Waals surface area contributed by atoms with Gasteiger partial charge < -0.3 is 15.3 Å². The van der Waals surface area contributed by atoms with E-state index in [1.165, 1.54) is 0 Å².